The molecule has 0 saturated heterocycles. The SMILES string of the molecule is COc1ccc(CN)cc1OCc1cncc(Br)c1. The third-order valence-electron chi connectivity index (χ3n) is 2.62. The topological polar surface area (TPSA) is 57.4 Å². The average Bonchev–Trinajstić information content (AvgIpc) is 2.45. The summed E-state index contributed by atoms with van der Waals surface area (Å²) in [5.74, 6) is 1.38. The van der Waals surface area contributed by atoms with E-state index in [9.17, 15) is 0 Å². The molecule has 0 amide bonds. The molecule has 0 atom stereocenters. The lowest BCUT2D eigenvalue weighted by molar-refractivity contribution is 0.284. The molecule has 0 fully saturated rings. The van der Waals surface area contributed by atoms with Crippen LogP contribution < -0.4 is 15.2 Å². The van der Waals surface area contributed by atoms with Gasteiger partial charge >= 0.3 is 0 Å². The molecule has 100 valence electrons. The minimum atomic E-state index is 0.427. The molecule has 2 aromatic rings. The van der Waals surface area contributed by atoms with Crippen LogP contribution in [0.1, 0.15) is 11.1 Å². The van der Waals surface area contributed by atoms with E-state index in [2.05, 4.69) is 20.9 Å². The van der Waals surface area contributed by atoms with Crippen LogP contribution in [0.25, 0.3) is 0 Å². The van der Waals surface area contributed by atoms with E-state index in [4.69, 9.17) is 15.2 Å². The molecule has 0 spiro atoms. The van der Waals surface area contributed by atoms with Gasteiger partial charge in [0, 0.05) is 29.0 Å². The molecule has 0 aliphatic rings. The van der Waals surface area contributed by atoms with E-state index >= 15 is 0 Å². The normalized spacial score (nSPS) is 10.3. The van der Waals surface area contributed by atoms with Crippen molar-refractivity contribution in [1.29, 1.82) is 0 Å². The summed E-state index contributed by atoms with van der Waals surface area (Å²) in [7, 11) is 1.62. The van der Waals surface area contributed by atoms with E-state index in [1.54, 1.807) is 19.5 Å². The van der Waals surface area contributed by atoms with Crippen molar-refractivity contribution in [2.24, 2.45) is 5.73 Å². The lowest BCUT2D eigenvalue weighted by atomic mass is 10.2. The maximum atomic E-state index is 5.77. The fourth-order valence-corrected chi connectivity index (χ4v) is 2.07. The summed E-state index contributed by atoms with van der Waals surface area (Å²) in [4.78, 5) is 4.09. The Balaban J connectivity index is 2.14. The van der Waals surface area contributed by atoms with Crippen LogP contribution in [0.4, 0.5) is 0 Å². The molecule has 2 N–H and O–H groups in total. The van der Waals surface area contributed by atoms with Crippen molar-refractivity contribution in [3.8, 4) is 11.5 Å². The summed E-state index contributed by atoms with van der Waals surface area (Å²) in [6.45, 7) is 0.898. The number of nitrogens with two attached hydrogens (primary N) is 1. The number of nitrogens with zero attached hydrogens (tertiary/aromatic N) is 1. The van der Waals surface area contributed by atoms with Crippen LogP contribution in [0.15, 0.2) is 41.1 Å². The Bertz CT molecular complexity index is 561. The second-order valence-corrected chi connectivity index (χ2v) is 4.91. The number of benzene rings is 1. The zero-order chi connectivity index (χ0) is 13.7. The van der Waals surface area contributed by atoms with Crippen molar-refractivity contribution < 1.29 is 9.47 Å². The largest absolute Gasteiger partial charge is 0.493 e. The molecule has 1 aromatic heterocycles. The average molecular weight is 323 g/mol. The van der Waals surface area contributed by atoms with E-state index in [0.717, 1.165) is 15.6 Å². The van der Waals surface area contributed by atoms with Gasteiger partial charge in [-0.25, -0.2) is 0 Å². The van der Waals surface area contributed by atoms with E-state index in [1.165, 1.54) is 0 Å². The molecular weight excluding hydrogens is 308 g/mol. The number of hydrogen-bond acceptors (Lipinski definition) is 4. The molecule has 19 heavy (non-hydrogen) atoms. The zero-order valence-electron chi connectivity index (χ0n) is 10.6. The molecule has 0 aliphatic heterocycles. The van der Waals surface area contributed by atoms with Gasteiger partial charge in [-0.15, -0.1) is 0 Å². The molecule has 4 nitrogen and oxygen atoms in total. The first-order valence-corrected chi connectivity index (χ1v) is 6.61. The molecule has 0 aliphatic carbocycles. The second kappa shape index (κ2) is 6.54. The van der Waals surface area contributed by atoms with Gasteiger partial charge in [0.05, 0.1) is 7.11 Å². The third-order valence-corrected chi connectivity index (χ3v) is 3.05. The van der Waals surface area contributed by atoms with Crippen molar-refractivity contribution >= 4 is 15.9 Å². The van der Waals surface area contributed by atoms with Crippen LogP contribution in [0.3, 0.4) is 0 Å². The Morgan fingerprint density at radius 1 is 1.16 bits per heavy atom. The molecule has 1 heterocycles. The van der Waals surface area contributed by atoms with Crippen molar-refractivity contribution in [2.75, 3.05) is 7.11 Å². The van der Waals surface area contributed by atoms with E-state index in [1.807, 2.05) is 24.3 Å². The van der Waals surface area contributed by atoms with E-state index in [-0.39, 0.29) is 0 Å². The highest BCUT2D eigenvalue weighted by atomic mass is 79.9. The van der Waals surface area contributed by atoms with E-state index < -0.39 is 0 Å². The molecule has 1 aromatic carbocycles. The highest BCUT2D eigenvalue weighted by Crippen LogP contribution is 2.28. The number of methoxy groups -OCH3 is 1. The highest BCUT2D eigenvalue weighted by molar-refractivity contribution is 9.10. The predicted octanol–water partition coefficient (Wildman–Crippen LogP) is 2.89. The van der Waals surface area contributed by atoms with Gasteiger partial charge in [-0.05, 0) is 39.7 Å². The third kappa shape index (κ3) is 3.68. The summed E-state index contributed by atoms with van der Waals surface area (Å²) < 4.78 is 12.0. The molecule has 5 heteroatoms. The quantitative estimate of drug-likeness (QED) is 0.919. The van der Waals surface area contributed by atoms with Crippen molar-refractivity contribution in [2.45, 2.75) is 13.2 Å². The van der Waals surface area contributed by atoms with Crippen LogP contribution in [-0.2, 0) is 13.2 Å². The van der Waals surface area contributed by atoms with Crippen molar-refractivity contribution in [1.82, 2.24) is 4.98 Å². The van der Waals surface area contributed by atoms with Gasteiger partial charge in [-0.1, -0.05) is 6.07 Å². The summed E-state index contributed by atoms with van der Waals surface area (Å²) in [5.41, 5.74) is 7.61. The minimum Gasteiger partial charge on any atom is -0.493 e. The van der Waals surface area contributed by atoms with Gasteiger partial charge in [-0.3, -0.25) is 4.98 Å². The number of ether oxygens (including phenoxy) is 2. The molecule has 0 saturated carbocycles. The zero-order valence-corrected chi connectivity index (χ0v) is 12.2. The molecule has 0 radical (unpaired) electrons. The number of aromatic nitrogens is 1. The number of pyridine rings is 1. The minimum absolute atomic E-state index is 0.427. The molecular formula is C14H15BrN2O2. The Morgan fingerprint density at radius 2 is 2.00 bits per heavy atom. The van der Waals surface area contributed by atoms with Crippen LogP contribution in [-0.4, -0.2) is 12.1 Å². The molecule has 0 bridgehead atoms. The van der Waals surface area contributed by atoms with Crippen molar-refractivity contribution in [3.63, 3.8) is 0 Å². The first-order valence-electron chi connectivity index (χ1n) is 5.82. The fourth-order valence-electron chi connectivity index (χ4n) is 1.66. The lowest BCUT2D eigenvalue weighted by Gasteiger charge is -2.12. The summed E-state index contributed by atoms with van der Waals surface area (Å²) in [6.07, 6.45) is 3.50. The monoisotopic (exact) mass is 322 g/mol. The predicted molar refractivity (Wildman–Crippen MR) is 77.2 cm³/mol. The second-order valence-electron chi connectivity index (χ2n) is 3.99. The Hall–Kier alpha value is -1.59. The van der Waals surface area contributed by atoms with Crippen LogP contribution >= 0.6 is 15.9 Å². The Kier molecular flexibility index (Phi) is 4.76. The van der Waals surface area contributed by atoms with Gasteiger partial charge in [-0.2, -0.15) is 0 Å². The first kappa shape index (κ1) is 13.8. The molecule has 2 rings (SSSR count). The van der Waals surface area contributed by atoms with Crippen LogP contribution in [0.2, 0.25) is 0 Å². The van der Waals surface area contributed by atoms with E-state index in [0.29, 0.717) is 24.7 Å². The fraction of sp³-hybridized carbons (Fsp3) is 0.214. The smallest absolute Gasteiger partial charge is 0.161 e. The van der Waals surface area contributed by atoms with Crippen molar-refractivity contribution in [3.05, 3.63) is 52.3 Å². The number of halogens is 1. The Labute approximate surface area is 120 Å². The van der Waals surface area contributed by atoms with Gasteiger partial charge in [0.1, 0.15) is 6.61 Å². The van der Waals surface area contributed by atoms with Gasteiger partial charge in [0.2, 0.25) is 0 Å². The number of rotatable bonds is 5. The maximum absolute atomic E-state index is 5.77. The first-order chi connectivity index (χ1) is 9.22. The van der Waals surface area contributed by atoms with Gasteiger partial charge < -0.3 is 15.2 Å². The number of hydrogen-bond donors (Lipinski definition) is 1. The van der Waals surface area contributed by atoms with Crippen LogP contribution in [0, 0.1) is 0 Å². The Morgan fingerprint density at radius 3 is 2.68 bits per heavy atom. The van der Waals surface area contributed by atoms with Gasteiger partial charge in [0.25, 0.3) is 0 Å². The molecule has 0 unspecified atom stereocenters. The van der Waals surface area contributed by atoms with Crippen LogP contribution in [0.5, 0.6) is 11.5 Å². The summed E-state index contributed by atoms with van der Waals surface area (Å²) in [6, 6.07) is 7.64. The lowest BCUT2D eigenvalue weighted by Crippen LogP contribution is -2.01. The van der Waals surface area contributed by atoms with Gasteiger partial charge in [0.15, 0.2) is 11.5 Å². The maximum Gasteiger partial charge on any atom is 0.161 e. The standard InChI is InChI=1S/C14H15BrN2O2/c1-18-13-3-2-10(6-16)5-14(13)19-9-11-4-12(15)8-17-7-11/h2-5,7-8H,6,9,16H2,1H3. The highest BCUT2D eigenvalue weighted by Gasteiger charge is 2.06. The summed E-state index contributed by atoms with van der Waals surface area (Å²) >= 11 is 3.38. The summed E-state index contributed by atoms with van der Waals surface area (Å²) in [5, 5.41) is 0.